The average molecular weight is 495 g/mol. The molecule has 39 heavy (non-hydrogen) atoms. The van der Waals surface area contributed by atoms with Crippen molar-refractivity contribution in [2.45, 2.75) is 0 Å². The number of rotatable bonds is 2. The third kappa shape index (κ3) is 2.78. The van der Waals surface area contributed by atoms with Crippen molar-refractivity contribution in [1.29, 1.82) is 0 Å². The van der Waals surface area contributed by atoms with Gasteiger partial charge in [0.2, 0.25) is 0 Å². The Hall–Kier alpha value is -5.21. The van der Waals surface area contributed by atoms with Crippen LogP contribution in [0.25, 0.3) is 82.4 Å². The van der Waals surface area contributed by atoms with Crippen molar-refractivity contribution in [3.05, 3.63) is 134 Å². The molecule has 0 bridgehead atoms. The first-order valence-corrected chi connectivity index (χ1v) is 13.4. The van der Waals surface area contributed by atoms with Gasteiger partial charge in [0.25, 0.3) is 0 Å². The fourth-order valence-corrected chi connectivity index (χ4v) is 6.76. The van der Waals surface area contributed by atoms with E-state index in [4.69, 9.17) is 0 Å². The minimum atomic E-state index is 1.16. The number of hydrogen-bond donors (Lipinski definition) is 0. The first-order chi connectivity index (χ1) is 19.4. The van der Waals surface area contributed by atoms with Gasteiger partial charge in [-0.1, -0.05) is 91.0 Å². The molecule has 0 amide bonds. The smallest absolute Gasteiger partial charge is 0.0547 e. The Morgan fingerprint density at radius 2 is 1.15 bits per heavy atom. The van der Waals surface area contributed by atoms with Gasteiger partial charge >= 0.3 is 0 Å². The molecule has 0 aliphatic heterocycles. The quantitative estimate of drug-likeness (QED) is 0.234. The molecule has 0 spiro atoms. The fraction of sp³-hybridized carbons (Fsp3) is 0. The third-order valence-electron chi connectivity index (χ3n) is 8.44. The number of para-hydroxylation sites is 1. The van der Waals surface area contributed by atoms with E-state index >= 15 is 0 Å². The highest BCUT2D eigenvalue weighted by molar-refractivity contribution is 6.21. The molecule has 1 aliphatic rings. The summed E-state index contributed by atoms with van der Waals surface area (Å²) in [4.78, 5) is 4.34. The van der Waals surface area contributed by atoms with Crippen LogP contribution in [0.1, 0.15) is 0 Å². The molecule has 0 N–H and O–H groups in total. The zero-order valence-corrected chi connectivity index (χ0v) is 21.1. The van der Waals surface area contributed by atoms with E-state index in [1.165, 1.54) is 71.3 Å². The predicted molar refractivity (Wildman–Crippen MR) is 163 cm³/mol. The van der Waals surface area contributed by atoms with Crippen LogP contribution in [0.5, 0.6) is 0 Å². The highest BCUT2D eigenvalue weighted by Crippen LogP contribution is 2.49. The number of aromatic nitrogens is 2. The van der Waals surface area contributed by atoms with Gasteiger partial charge < -0.3 is 4.57 Å². The van der Waals surface area contributed by atoms with Gasteiger partial charge in [0.05, 0.1) is 11.0 Å². The monoisotopic (exact) mass is 494 g/mol. The summed E-state index contributed by atoms with van der Waals surface area (Å²) in [5.41, 5.74) is 11.4. The van der Waals surface area contributed by atoms with Gasteiger partial charge in [-0.3, -0.25) is 4.98 Å². The van der Waals surface area contributed by atoms with E-state index in [2.05, 4.69) is 131 Å². The van der Waals surface area contributed by atoms with Crippen molar-refractivity contribution in [3.8, 4) is 39.1 Å². The van der Waals surface area contributed by atoms with E-state index in [0.717, 1.165) is 11.1 Å². The van der Waals surface area contributed by atoms with E-state index < -0.39 is 0 Å². The summed E-state index contributed by atoms with van der Waals surface area (Å²) >= 11 is 0. The highest BCUT2D eigenvalue weighted by Gasteiger charge is 2.22. The molecule has 0 saturated heterocycles. The lowest BCUT2D eigenvalue weighted by molar-refractivity contribution is 1.18. The average Bonchev–Trinajstić information content (AvgIpc) is 3.52. The van der Waals surface area contributed by atoms with E-state index in [9.17, 15) is 0 Å². The number of pyridine rings is 1. The summed E-state index contributed by atoms with van der Waals surface area (Å²) in [5, 5.41) is 7.62. The molecule has 6 aromatic carbocycles. The second kappa shape index (κ2) is 7.66. The Kier molecular flexibility index (Phi) is 4.08. The minimum absolute atomic E-state index is 1.16. The maximum Gasteiger partial charge on any atom is 0.0547 e. The van der Waals surface area contributed by atoms with Gasteiger partial charge in [0, 0.05) is 34.2 Å². The van der Waals surface area contributed by atoms with Crippen LogP contribution < -0.4 is 0 Å². The van der Waals surface area contributed by atoms with Crippen molar-refractivity contribution in [1.82, 2.24) is 9.55 Å². The van der Waals surface area contributed by atoms with E-state index in [0.29, 0.717) is 0 Å². The van der Waals surface area contributed by atoms with E-state index in [1.54, 1.807) is 0 Å². The van der Waals surface area contributed by atoms with Crippen molar-refractivity contribution >= 4 is 43.4 Å². The van der Waals surface area contributed by atoms with Crippen LogP contribution in [0.2, 0.25) is 0 Å². The van der Waals surface area contributed by atoms with Gasteiger partial charge in [-0.25, -0.2) is 0 Å². The number of benzene rings is 6. The van der Waals surface area contributed by atoms with Crippen LogP contribution in [-0.2, 0) is 0 Å². The first kappa shape index (κ1) is 20.8. The topological polar surface area (TPSA) is 17.8 Å². The summed E-state index contributed by atoms with van der Waals surface area (Å²) in [7, 11) is 0. The lowest BCUT2D eigenvalue weighted by Crippen LogP contribution is -1.94. The molecule has 0 unspecified atom stereocenters. The standard InChI is InChI=1S/C37H22N2/c1-2-7-29-28(6-1)31-10-5-9-30-26(17-18-32(29)36(30)31)23-12-15-25(16-13-23)39-34-11-4-3-8-33(34)37-27-20-21-38-22-24(27)14-19-35(37)39/h1-22H. The predicted octanol–water partition coefficient (Wildman–Crippen LogP) is 9.80. The molecule has 1 aliphatic carbocycles. The van der Waals surface area contributed by atoms with Gasteiger partial charge in [-0.05, 0) is 79.9 Å². The van der Waals surface area contributed by atoms with E-state index in [1.807, 2.05) is 12.4 Å². The van der Waals surface area contributed by atoms with Gasteiger partial charge in [0.15, 0.2) is 0 Å². The molecule has 2 heterocycles. The highest BCUT2D eigenvalue weighted by atomic mass is 15.0. The zero-order chi connectivity index (χ0) is 25.5. The second-order valence-electron chi connectivity index (χ2n) is 10.4. The first-order valence-electron chi connectivity index (χ1n) is 13.4. The van der Waals surface area contributed by atoms with Crippen LogP contribution in [-0.4, -0.2) is 9.55 Å². The van der Waals surface area contributed by atoms with Crippen molar-refractivity contribution in [2.24, 2.45) is 0 Å². The van der Waals surface area contributed by atoms with Gasteiger partial charge in [-0.2, -0.15) is 0 Å². The lowest BCUT2D eigenvalue weighted by Gasteiger charge is -2.12. The molecule has 0 atom stereocenters. The summed E-state index contributed by atoms with van der Waals surface area (Å²) < 4.78 is 2.39. The van der Waals surface area contributed by atoms with Crippen LogP contribution in [0.3, 0.4) is 0 Å². The third-order valence-corrected chi connectivity index (χ3v) is 8.44. The maximum absolute atomic E-state index is 4.34. The molecular formula is C37H22N2. The largest absolute Gasteiger partial charge is 0.309 e. The van der Waals surface area contributed by atoms with Crippen LogP contribution >= 0.6 is 0 Å². The molecule has 2 nitrogen and oxygen atoms in total. The molecule has 9 rings (SSSR count). The molecule has 2 heteroatoms. The Morgan fingerprint density at radius 3 is 2.03 bits per heavy atom. The van der Waals surface area contributed by atoms with Crippen LogP contribution in [0.4, 0.5) is 0 Å². The normalized spacial score (nSPS) is 12.1. The maximum atomic E-state index is 4.34. The Labute approximate surface area is 225 Å². The number of hydrogen-bond acceptors (Lipinski definition) is 1. The summed E-state index contributed by atoms with van der Waals surface area (Å²) in [6.45, 7) is 0. The Bertz CT molecular complexity index is 2240. The molecule has 0 fully saturated rings. The van der Waals surface area contributed by atoms with Crippen molar-refractivity contribution in [3.63, 3.8) is 0 Å². The molecule has 2 aromatic heterocycles. The summed E-state index contributed by atoms with van der Waals surface area (Å²) in [6, 6.07) is 44.4. The number of nitrogens with zero attached hydrogens (tertiary/aromatic N) is 2. The SMILES string of the molecule is c1ccc2c(c1)-c1cccc3c(-c4ccc(-n5c6ccccc6c6c7ccncc7ccc65)cc4)ccc-2c13. The van der Waals surface area contributed by atoms with Crippen molar-refractivity contribution in [2.75, 3.05) is 0 Å². The van der Waals surface area contributed by atoms with Gasteiger partial charge in [0.1, 0.15) is 0 Å². The molecule has 8 aromatic rings. The van der Waals surface area contributed by atoms with E-state index in [-0.39, 0.29) is 0 Å². The zero-order valence-electron chi connectivity index (χ0n) is 21.1. The van der Waals surface area contributed by atoms with Crippen LogP contribution in [0.15, 0.2) is 134 Å². The Morgan fingerprint density at radius 1 is 0.436 bits per heavy atom. The second-order valence-corrected chi connectivity index (χ2v) is 10.4. The van der Waals surface area contributed by atoms with Crippen LogP contribution in [0, 0.1) is 0 Å². The molecule has 180 valence electrons. The van der Waals surface area contributed by atoms with Gasteiger partial charge in [-0.15, -0.1) is 0 Å². The lowest BCUT2D eigenvalue weighted by atomic mass is 9.94. The molecule has 0 saturated carbocycles. The fourth-order valence-electron chi connectivity index (χ4n) is 6.76. The molecular weight excluding hydrogens is 472 g/mol. The summed E-state index contributed by atoms with van der Waals surface area (Å²) in [6.07, 6.45) is 3.84. The number of fused-ring (bicyclic) bond motifs is 8. The van der Waals surface area contributed by atoms with Crippen molar-refractivity contribution < 1.29 is 0 Å². The minimum Gasteiger partial charge on any atom is -0.309 e. The Balaban J connectivity index is 1.24. The summed E-state index contributed by atoms with van der Waals surface area (Å²) in [5.74, 6) is 0. The molecule has 0 radical (unpaired) electrons.